The zero-order valence-electron chi connectivity index (χ0n) is 57.9. The van der Waals surface area contributed by atoms with Gasteiger partial charge in [-0.05, 0) is 127 Å². The van der Waals surface area contributed by atoms with Gasteiger partial charge in [-0.1, -0.05) is 60.8 Å². The van der Waals surface area contributed by atoms with Gasteiger partial charge in [-0.25, -0.2) is 0 Å². The number of amides is 12. The highest BCUT2D eigenvalue weighted by Gasteiger charge is 2.52. The number of fused-ring (bicyclic) bond motifs is 2. The van der Waals surface area contributed by atoms with Gasteiger partial charge in [0.2, 0.25) is 70.9 Å². The lowest BCUT2D eigenvalue weighted by molar-refractivity contribution is -0.182. The van der Waals surface area contributed by atoms with E-state index in [-0.39, 0.29) is 89.1 Å². The molecule has 3 N–H and O–H groups in total. The van der Waals surface area contributed by atoms with Crippen molar-refractivity contribution in [3.63, 3.8) is 0 Å². The molecule has 6 aliphatic rings. The third-order valence-electron chi connectivity index (χ3n) is 21.2. The molecule has 0 aromatic heterocycles. The summed E-state index contributed by atoms with van der Waals surface area (Å²) in [6.07, 6.45) is -0.158. The van der Waals surface area contributed by atoms with Crippen molar-refractivity contribution < 1.29 is 70.7 Å². The van der Waals surface area contributed by atoms with Crippen LogP contribution in [0, 0.1) is 29.6 Å². The second-order valence-electron chi connectivity index (χ2n) is 28.5. The van der Waals surface area contributed by atoms with E-state index in [1.54, 1.807) is 25.7 Å². The zero-order chi connectivity index (χ0) is 70.2. The Bertz CT molecular complexity index is 2780. The molecule has 3 unspecified atom stereocenters. The summed E-state index contributed by atoms with van der Waals surface area (Å²) in [5.41, 5.74) is -1.56. The van der Waals surface area contributed by atoms with Crippen molar-refractivity contribution in [1.29, 1.82) is 0 Å². The van der Waals surface area contributed by atoms with Crippen LogP contribution in [0.1, 0.15) is 171 Å². The van der Waals surface area contributed by atoms with Gasteiger partial charge in [0, 0.05) is 73.8 Å². The van der Waals surface area contributed by atoms with Crippen LogP contribution in [0.15, 0.2) is 0 Å². The highest BCUT2D eigenvalue weighted by molar-refractivity contribution is 6.21. The molecule has 4 aliphatic heterocycles. The second kappa shape index (κ2) is 32.6. The van der Waals surface area contributed by atoms with Crippen LogP contribution in [-0.2, 0) is 57.5 Å². The number of nitrogens with one attached hydrogen (secondary N) is 3. The van der Waals surface area contributed by atoms with Crippen LogP contribution in [-0.4, -0.2) is 261 Å². The number of piperidine rings is 1. The van der Waals surface area contributed by atoms with E-state index in [1.165, 1.54) is 85.5 Å². The van der Waals surface area contributed by atoms with Gasteiger partial charge in [0.1, 0.15) is 59.9 Å². The van der Waals surface area contributed by atoms with E-state index in [0.29, 0.717) is 51.6 Å². The number of likely N-dealkylation sites (tertiary alicyclic amines) is 1. The number of alkyl halides is 4. The van der Waals surface area contributed by atoms with Crippen molar-refractivity contribution in [1.82, 2.24) is 60.0 Å². The number of carbonyl (C=O) groups excluding carboxylic acids is 12. The van der Waals surface area contributed by atoms with E-state index >= 15 is 14.4 Å². The lowest BCUT2D eigenvalue weighted by Crippen LogP contribution is -2.65. The summed E-state index contributed by atoms with van der Waals surface area (Å²) in [6, 6.07) is -10.9. The van der Waals surface area contributed by atoms with E-state index < -0.39 is 173 Å². The minimum Gasteiger partial charge on any atom is -0.343 e. The largest absolute Gasteiger partial charge is 0.393 e. The highest BCUT2D eigenvalue weighted by Crippen LogP contribution is 2.44. The van der Waals surface area contributed by atoms with Crippen molar-refractivity contribution in [2.45, 2.75) is 242 Å². The first-order chi connectivity index (χ1) is 44.0. The summed E-state index contributed by atoms with van der Waals surface area (Å²) < 4.78 is 41.7. The first-order valence-electron chi connectivity index (χ1n) is 34.1. The summed E-state index contributed by atoms with van der Waals surface area (Å²) in [5.74, 6) is -11.0. The minimum absolute atomic E-state index is 0.00341. The Morgan fingerprint density at radius 2 is 1.23 bits per heavy atom. The maximum absolute atomic E-state index is 15.4. The molecule has 6 rings (SSSR count). The third kappa shape index (κ3) is 17.6. The van der Waals surface area contributed by atoms with Crippen molar-refractivity contribution >= 4 is 82.5 Å². The van der Waals surface area contributed by atoms with Gasteiger partial charge in [-0.2, -0.15) is 13.2 Å². The molecule has 1 spiro atoms. The first kappa shape index (κ1) is 76.7. The van der Waals surface area contributed by atoms with E-state index in [2.05, 4.69) is 16.0 Å². The van der Waals surface area contributed by atoms with Crippen molar-refractivity contribution in [2.75, 3.05) is 75.0 Å². The molecule has 0 aromatic carbocycles. The molecule has 530 valence electrons. The summed E-state index contributed by atoms with van der Waals surface area (Å²) >= 11 is 6.34. The summed E-state index contributed by atoms with van der Waals surface area (Å²) in [5, 5.41) is 7.47. The number of hydrogen-bond donors (Lipinski definition) is 3. The summed E-state index contributed by atoms with van der Waals surface area (Å²) in [7, 11) is 8.43. The van der Waals surface area contributed by atoms with Crippen LogP contribution < -0.4 is 16.0 Å². The van der Waals surface area contributed by atoms with Crippen LogP contribution in [0.25, 0.3) is 0 Å². The van der Waals surface area contributed by atoms with Gasteiger partial charge in [-0.15, -0.1) is 11.6 Å². The smallest absolute Gasteiger partial charge is 0.343 e. The Morgan fingerprint density at radius 3 is 1.80 bits per heavy atom. The quantitative estimate of drug-likeness (QED) is 0.275. The van der Waals surface area contributed by atoms with Gasteiger partial charge in [-0.3, -0.25) is 57.5 Å². The van der Waals surface area contributed by atoms with E-state index in [9.17, 15) is 56.3 Å². The fourth-order valence-corrected chi connectivity index (χ4v) is 15.1. The molecule has 6 fully saturated rings. The van der Waals surface area contributed by atoms with Crippen molar-refractivity contribution in [3.8, 4) is 0 Å². The molecule has 2 saturated carbocycles. The summed E-state index contributed by atoms with van der Waals surface area (Å²) in [6.45, 7) is 14.1. The Hall–Kier alpha value is -6.28. The third-order valence-corrected chi connectivity index (χ3v) is 21.7. The monoisotopic (exact) mass is 1350 g/mol. The molecule has 28 heteroatoms. The molecule has 24 nitrogen and oxygen atoms in total. The van der Waals surface area contributed by atoms with E-state index in [1.807, 2.05) is 20.8 Å². The van der Waals surface area contributed by atoms with Crippen molar-refractivity contribution in [2.24, 2.45) is 29.6 Å². The maximum Gasteiger partial charge on any atom is 0.393 e. The molecule has 13 atom stereocenters. The molecule has 0 bridgehead atoms. The van der Waals surface area contributed by atoms with Crippen LogP contribution in [0.4, 0.5) is 13.2 Å². The van der Waals surface area contributed by atoms with Crippen LogP contribution in [0.5, 0.6) is 0 Å². The molecule has 12 amide bonds. The molecule has 0 radical (unpaired) electrons. The Labute approximate surface area is 558 Å². The zero-order valence-corrected chi connectivity index (χ0v) is 58.6. The van der Waals surface area contributed by atoms with Gasteiger partial charge < -0.3 is 60.0 Å². The topological polar surface area (TPSA) is 270 Å². The van der Waals surface area contributed by atoms with Crippen LogP contribution >= 0.6 is 11.6 Å². The number of rotatable bonds is 9. The van der Waals surface area contributed by atoms with Gasteiger partial charge >= 0.3 is 6.18 Å². The Balaban J connectivity index is 1.39. The SMILES string of the molecule is CC[C@H](C)[C@@H]1NC(=O)[C@H](CC(C)C)N(C)C(=O)C[C@@H](C(=O)N2CCCCC2)N(C)C(=O)[C@H](C(C)C)N(C)C(=O)C2(CCCC2)NC(=O)[C@@H]2CCCN2C(=O)[C@H](CCC2CCC(C(F)(F)F)C(Cl)C2)NC(=O)CN(C)C(=O)[C@H](C)N(C)C(=O)[C@@H]2CCN2C(=O)[C@H](C)N(C)C1=O. The number of carbonyl (C=O) groups is 12. The van der Waals surface area contributed by atoms with E-state index in [0.717, 1.165) is 16.2 Å². The average molecular weight is 1350 g/mol. The first-order valence-corrected chi connectivity index (χ1v) is 34.5. The lowest BCUT2D eigenvalue weighted by Gasteiger charge is -2.44. The van der Waals surface area contributed by atoms with Crippen LogP contribution in [0.3, 0.4) is 0 Å². The van der Waals surface area contributed by atoms with Crippen LogP contribution in [0.2, 0.25) is 0 Å². The molecule has 0 aromatic rings. The number of halogens is 4. The second-order valence-corrected chi connectivity index (χ2v) is 29.0. The predicted octanol–water partition coefficient (Wildman–Crippen LogP) is 4.14. The maximum atomic E-state index is 15.4. The lowest BCUT2D eigenvalue weighted by atomic mass is 9.78. The normalized spacial score (nSPS) is 31.0. The molecule has 4 heterocycles. The standard InChI is InChI=1S/C66H106ClF3N12O12/c1-15-40(6)53-62(92)76(11)42(8)58(88)82-33-27-48(82)60(90)75(10)41(7)57(87)74(9)37-51(83)71-46(26-24-43-23-25-44(45(67)35-43)66(68,69)70)59(89)81-32-21-22-47(81)56(86)73-65(28-17-18-29-65)64(94)79(14)54(39(4)5)63(93)78(13)50(61(91)80-30-19-16-20-31-80)36-52(84)77(12)49(34-38(2)3)55(85)72-53/h38-50,53-54H,15-37H2,1-14H3,(H,71,83)(H,72,85)(H,73,86)/t40-,41-,42-,43?,44?,45?,46-,47-,48-,49-,50-,53-,54-/m0/s1. The number of hydrogen-bond acceptors (Lipinski definition) is 12. The fourth-order valence-electron chi connectivity index (χ4n) is 14.6. The molecular weight excluding hydrogens is 1250 g/mol. The van der Waals surface area contributed by atoms with Crippen molar-refractivity contribution in [3.05, 3.63) is 0 Å². The molecule has 94 heavy (non-hydrogen) atoms. The Morgan fingerprint density at radius 1 is 0.628 bits per heavy atom. The molecular formula is C66H106ClF3N12O12. The van der Waals surface area contributed by atoms with Gasteiger partial charge in [0.15, 0.2) is 0 Å². The number of nitrogens with zero attached hydrogens (tertiary/aromatic N) is 9. The Kier molecular flexibility index (Phi) is 26.6. The fraction of sp³-hybridized carbons (Fsp3) is 0.818. The summed E-state index contributed by atoms with van der Waals surface area (Å²) in [4.78, 5) is 188. The predicted molar refractivity (Wildman–Crippen MR) is 344 cm³/mol. The highest BCUT2D eigenvalue weighted by atomic mass is 35.5. The van der Waals surface area contributed by atoms with E-state index in [4.69, 9.17) is 11.6 Å². The van der Waals surface area contributed by atoms with Gasteiger partial charge in [0.25, 0.3) is 0 Å². The molecule has 2 aliphatic carbocycles. The van der Waals surface area contributed by atoms with Gasteiger partial charge in [0.05, 0.1) is 18.9 Å². The molecule has 4 saturated heterocycles. The number of likely N-dealkylation sites (N-methyl/N-ethyl adjacent to an activating group) is 6. The minimum atomic E-state index is -4.51. The average Bonchev–Trinajstić information content (AvgIpc) is 1.33.